The maximum Gasteiger partial charge on any atom is 0.249 e. The highest BCUT2D eigenvalue weighted by atomic mass is 16.2. The largest absolute Gasteiger partial charge is 0.331 e. The van der Waals surface area contributed by atoms with Gasteiger partial charge in [-0.15, -0.1) is 0 Å². The lowest BCUT2D eigenvalue weighted by molar-refractivity contribution is -0.141. The van der Waals surface area contributed by atoms with Gasteiger partial charge in [0.25, 0.3) is 0 Å². The predicted octanol–water partition coefficient (Wildman–Crippen LogP) is 1.86. The van der Waals surface area contributed by atoms with Crippen molar-refractivity contribution in [1.82, 2.24) is 10.2 Å². The van der Waals surface area contributed by atoms with E-state index in [9.17, 15) is 14.4 Å². The van der Waals surface area contributed by atoms with Crippen molar-refractivity contribution in [2.75, 3.05) is 6.54 Å². The van der Waals surface area contributed by atoms with Gasteiger partial charge in [-0.1, -0.05) is 13.8 Å². The van der Waals surface area contributed by atoms with Gasteiger partial charge in [-0.2, -0.15) is 0 Å². The molecule has 21 heavy (non-hydrogen) atoms. The lowest BCUT2D eigenvalue weighted by atomic mass is 9.82. The molecular weight excluding hydrogens is 268 g/mol. The molecule has 0 bridgehead atoms. The smallest absolute Gasteiger partial charge is 0.249 e. The Morgan fingerprint density at radius 1 is 1.29 bits per heavy atom. The van der Waals surface area contributed by atoms with Crippen molar-refractivity contribution in [2.45, 2.75) is 64.8 Å². The summed E-state index contributed by atoms with van der Waals surface area (Å²) >= 11 is 0. The van der Waals surface area contributed by atoms with Crippen molar-refractivity contribution >= 4 is 17.7 Å². The van der Waals surface area contributed by atoms with E-state index in [1.807, 2.05) is 6.92 Å². The summed E-state index contributed by atoms with van der Waals surface area (Å²) in [6.45, 7) is 4.70. The highest BCUT2D eigenvalue weighted by Gasteiger charge is 2.33. The summed E-state index contributed by atoms with van der Waals surface area (Å²) in [6, 6.07) is -0.494. The van der Waals surface area contributed by atoms with E-state index < -0.39 is 6.04 Å². The maximum atomic E-state index is 12.3. The second-order valence-corrected chi connectivity index (χ2v) is 6.43. The molecule has 118 valence electrons. The summed E-state index contributed by atoms with van der Waals surface area (Å²) in [5, 5.41) is 2.54. The number of hydrogen-bond acceptors (Lipinski definition) is 3. The lowest BCUT2D eigenvalue weighted by Gasteiger charge is -2.28. The van der Waals surface area contributed by atoms with Gasteiger partial charge in [0.15, 0.2) is 0 Å². The summed E-state index contributed by atoms with van der Waals surface area (Å²) in [7, 11) is 0. The Morgan fingerprint density at radius 2 is 1.95 bits per heavy atom. The van der Waals surface area contributed by atoms with Gasteiger partial charge in [0.2, 0.25) is 17.7 Å². The van der Waals surface area contributed by atoms with Crippen LogP contribution in [0.25, 0.3) is 0 Å². The molecule has 5 heteroatoms. The summed E-state index contributed by atoms with van der Waals surface area (Å²) < 4.78 is 0. The first kappa shape index (κ1) is 16.0. The van der Waals surface area contributed by atoms with E-state index in [4.69, 9.17) is 0 Å². The van der Waals surface area contributed by atoms with Crippen molar-refractivity contribution in [3.05, 3.63) is 0 Å². The highest BCUT2D eigenvalue weighted by molar-refractivity contribution is 6.00. The minimum Gasteiger partial charge on any atom is -0.331 e. The third kappa shape index (κ3) is 3.83. The van der Waals surface area contributed by atoms with Crippen molar-refractivity contribution in [3.8, 4) is 0 Å². The van der Waals surface area contributed by atoms with Crippen molar-refractivity contribution < 1.29 is 14.4 Å². The second-order valence-electron chi connectivity index (χ2n) is 6.43. The van der Waals surface area contributed by atoms with Crippen LogP contribution in [0.2, 0.25) is 0 Å². The second kappa shape index (κ2) is 7.05. The van der Waals surface area contributed by atoms with E-state index in [0.717, 1.165) is 32.1 Å². The Labute approximate surface area is 126 Å². The molecule has 0 unspecified atom stereocenters. The first-order valence-corrected chi connectivity index (χ1v) is 8.17. The number of nitrogens with zero attached hydrogens (tertiary/aromatic N) is 1. The van der Waals surface area contributed by atoms with E-state index in [2.05, 4.69) is 12.2 Å². The van der Waals surface area contributed by atoms with Gasteiger partial charge < -0.3 is 4.90 Å². The van der Waals surface area contributed by atoms with Gasteiger partial charge in [0.1, 0.15) is 6.04 Å². The Hall–Kier alpha value is -1.39. The standard InChI is InChI=1S/C16H26N2O3/c1-3-13(18-10-4-5-14(18)19)16(21)17-15(20)12-8-6-11(2)7-9-12/h11-13H,3-10H2,1-2H3,(H,17,20,21)/t11-,12+,13-/m0/s1. The van der Waals surface area contributed by atoms with Crippen LogP contribution in [-0.2, 0) is 14.4 Å². The Morgan fingerprint density at radius 3 is 2.48 bits per heavy atom. The van der Waals surface area contributed by atoms with Crippen LogP contribution in [0.4, 0.5) is 0 Å². The first-order valence-electron chi connectivity index (χ1n) is 8.17. The van der Waals surface area contributed by atoms with Crippen molar-refractivity contribution in [2.24, 2.45) is 11.8 Å². The summed E-state index contributed by atoms with van der Waals surface area (Å²) in [5.41, 5.74) is 0. The van der Waals surface area contributed by atoms with Crippen LogP contribution in [0.3, 0.4) is 0 Å². The van der Waals surface area contributed by atoms with Gasteiger partial charge in [-0.05, 0) is 44.4 Å². The molecular formula is C16H26N2O3. The molecule has 0 radical (unpaired) electrons. The Balaban J connectivity index is 1.89. The zero-order chi connectivity index (χ0) is 15.4. The summed E-state index contributed by atoms with van der Waals surface area (Å²) in [5.74, 6) is 0.191. The quantitative estimate of drug-likeness (QED) is 0.860. The molecule has 1 atom stereocenters. The molecule has 2 fully saturated rings. The van der Waals surface area contributed by atoms with Gasteiger partial charge >= 0.3 is 0 Å². The molecule has 5 nitrogen and oxygen atoms in total. The van der Waals surface area contributed by atoms with Crippen molar-refractivity contribution in [1.29, 1.82) is 0 Å². The number of hydrogen-bond donors (Lipinski definition) is 1. The van der Waals surface area contributed by atoms with Crippen LogP contribution in [0.5, 0.6) is 0 Å². The first-order chi connectivity index (χ1) is 10.0. The van der Waals surface area contributed by atoms with Crippen LogP contribution < -0.4 is 5.32 Å². The Kier molecular flexibility index (Phi) is 5.37. The van der Waals surface area contributed by atoms with E-state index in [-0.39, 0.29) is 23.6 Å². The highest BCUT2D eigenvalue weighted by Crippen LogP contribution is 2.28. The predicted molar refractivity (Wildman–Crippen MR) is 79.3 cm³/mol. The van der Waals surface area contributed by atoms with Gasteiger partial charge in [0.05, 0.1) is 0 Å². The van der Waals surface area contributed by atoms with Crippen LogP contribution in [0.1, 0.15) is 58.8 Å². The third-order valence-corrected chi connectivity index (χ3v) is 4.81. The average molecular weight is 294 g/mol. The minimum absolute atomic E-state index is 0.0240. The number of carbonyl (C=O) groups is 3. The number of imide groups is 1. The average Bonchev–Trinajstić information content (AvgIpc) is 2.86. The van der Waals surface area contributed by atoms with Gasteiger partial charge in [-0.25, -0.2) is 0 Å². The number of likely N-dealkylation sites (tertiary alicyclic amines) is 1. The minimum atomic E-state index is -0.494. The van der Waals surface area contributed by atoms with E-state index in [1.54, 1.807) is 4.90 Å². The zero-order valence-corrected chi connectivity index (χ0v) is 13.1. The molecule has 2 rings (SSSR count). The van der Waals surface area contributed by atoms with E-state index in [0.29, 0.717) is 25.3 Å². The van der Waals surface area contributed by atoms with Gasteiger partial charge in [0, 0.05) is 18.9 Å². The number of amides is 3. The fraction of sp³-hybridized carbons (Fsp3) is 0.812. The maximum absolute atomic E-state index is 12.3. The van der Waals surface area contributed by atoms with Crippen LogP contribution in [0, 0.1) is 11.8 Å². The fourth-order valence-corrected chi connectivity index (χ4v) is 3.37. The number of nitrogens with one attached hydrogen (secondary N) is 1. The third-order valence-electron chi connectivity index (χ3n) is 4.81. The van der Waals surface area contributed by atoms with Crippen LogP contribution >= 0.6 is 0 Å². The molecule has 1 heterocycles. The lowest BCUT2D eigenvalue weighted by Crippen LogP contribution is -2.50. The van der Waals surface area contributed by atoms with E-state index in [1.165, 1.54) is 0 Å². The zero-order valence-electron chi connectivity index (χ0n) is 13.1. The summed E-state index contributed by atoms with van der Waals surface area (Å²) in [6.07, 6.45) is 5.68. The molecule has 1 aliphatic carbocycles. The monoisotopic (exact) mass is 294 g/mol. The topological polar surface area (TPSA) is 66.5 Å². The summed E-state index contributed by atoms with van der Waals surface area (Å²) in [4.78, 5) is 37.9. The molecule has 0 spiro atoms. The van der Waals surface area contributed by atoms with E-state index >= 15 is 0 Å². The molecule has 0 aromatic carbocycles. The molecule has 1 saturated carbocycles. The van der Waals surface area contributed by atoms with Gasteiger partial charge in [-0.3, -0.25) is 19.7 Å². The molecule has 3 amide bonds. The number of carbonyl (C=O) groups excluding carboxylic acids is 3. The Bertz CT molecular complexity index is 414. The molecule has 0 aromatic heterocycles. The molecule has 0 aromatic rings. The SMILES string of the molecule is CC[C@@H](C(=O)NC(=O)[C@H]1CC[C@@H](C)CC1)N1CCCC1=O. The number of rotatable bonds is 4. The molecule has 1 saturated heterocycles. The van der Waals surface area contributed by atoms with Crippen LogP contribution in [-0.4, -0.2) is 35.2 Å². The van der Waals surface area contributed by atoms with Crippen molar-refractivity contribution in [3.63, 3.8) is 0 Å². The fourth-order valence-electron chi connectivity index (χ4n) is 3.37. The molecule has 2 aliphatic rings. The normalized spacial score (nSPS) is 27.5. The molecule has 1 N–H and O–H groups in total. The van der Waals surface area contributed by atoms with Crippen LogP contribution in [0.15, 0.2) is 0 Å². The molecule has 1 aliphatic heterocycles.